The number of para-hydroxylation sites is 1. The Morgan fingerprint density at radius 2 is 1.93 bits per heavy atom. The molecule has 1 unspecified atom stereocenters. The molecule has 1 saturated heterocycles. The van der Waals surface area contributed by atoms with Crippen LogP contribution in [0.3, 0.4) is 0 Å². The number of rotatable bonds is 6. The predicted octanol–water partition coefficient (Wildman–Crippen LogP) is 6.43. The van der Waals surface area contributed by atoms with Crippen LogP contribution in [-0.4, -0.2) is 44.4 Å². The monoisotopic (exact) mass is 572 g/mol. The molecule has 1 aromatic carbocycles. The number of hydrogen-bond acceptors (Lipinski definition) is 7. The van der Waals surface area contributed by atoms with Crippen LogP contribution in [-0.2, 0) is 7.05 Å². The highest BCUT2D eigenvalue weighted by Gasteiger charge is 2.32. The zero-order chi connectivity index (χ0) is 29.6. The van der Waals surface area contributed by atoms with Crippen LogP contribution in [0.2, 0.25) is 0 Å². The molecule has 5 aromatic rings. The van der Waals surface area contributed by atoms with Gasteiger partial charge in [0.2, 0.25) is 0 Å². The van der Waals surface area contributed by atoms with Crippen LogP contribution in [0.5, 0.6) is 0 Å². The van der Waals surface area contributed by atoms with Crippen molar-refractivity contribution in [3.8, 4) is 11.3 Å². The summed E-state index contributed by atoms with van der Waals surface area (Å²) < 4.78 is 1.89. The first-order chi connectivity index (χ1) is 20.9. The van der Waals surface area contributed by atoms with Crippen molar-refractivity contribution in [3.05, 3.63) is 77.7 Å². The Hall–Kier alpha value is -4.17. The molecule has 1 aliphatic heterocycles. The first-order valence-corrected chi connectivity index (χ1v) is 15.5. The molecule has 1 atom stereocenters. The van der Waals surface area contributed by atoms with Gasteiger partial charge in [-0.3, -0.25) is 14.7 Å². The average Bonchev–Trinajstić information content (AvgIpc) is 3.20. The van der Waals surface area contributed by atoms with Crippen LogP contribution in [0.25, 0.3) is 32.9 Å². The molecule has 8 nitrogen and oxygen atoms in total. The van der Waals surface area contributed by atoms with Crippen LogP contribution >= 0.6 is 0 Å². The van der Waals surface area contributed by atoms with Gasteiger partial charge < -0.3 is 10.6 Å². The molecule has 7 rings (SSSR count). The van der Waals surface area contributed by atoms with E-state index in [1.165, 1.54) is 30.2 Å². The minimum atomic E-state index is 0.187. The number of benzene rings is 1. The van der Waals surface area contributed by atoms with Gasteiger partial charge in [-0.2, -0.15) is 5.10 Å². The van der Waals surface area contributed by atoms with Gasteiger partial charge >= 0.3 is 0 Å². The molecule has 5 heterocycles. The maximum absolute atomic E-state index is 5.34. The lowest BCUT2D eigenvalue weighted by Crippen LogP contribution is -2.44. The maximum Gasteiger partial charge on any atom is 0.161 e. The fourth-order valence-corrected chi connectivity index (χ4v) is 6.64. The highest BCUT2D eigenvalue weighted by molar-refractivity contribution is 5.92. The number of nitrogens with zero attached hydrogens (tertiary/aromatic N) is 6. The second-order valence-electron chi connectivity index (χ2n) is 13.0. The molecular formula is C35H40N8. The number of anilines is 2. The van der Waals surface area contributed by atoms with Gasteiger partial charge in [-0.15, -0.1) is 0 Å². The second-order valence-corrected chi connectivity index (χ2v) is 13.0. The fraction of sp³-hybridized carbons (Fsp3) is 0.400. The number of fused-ring (bicyclic) bond motifs is 2. The van der Waals surface area contributed by atoms with Gasteiger partial charge in [-0.25, -0.2) is 9.97 Å². The highest BCUT2D eigenvalue weighted by atomic mass is 15.3. The van der Waals surface area contributed by atoms with Crippen LogP contribution in [0, 0.1) is 18.3 Å². The lowest BCUT2D eigenvalue weighted by molar-refractivity contribution is 0.162. The van der Waals surface area contributed by atoms with Crippen molar-refractivity contribution >= 4 is 33.3 Å². The lowest BCUT2D eigenvalue weighted by atomic mass is 9.74. The smallest absolute Gasteiger partial charge is 0.161 e. The average molecular weight is 573 g/mol. The molecule has 0 amide bonds. The summed E-state index contributed by atoms with van der Waals surface area (Å²) in [5.74, 6) is 2.54. The van der Waals surface area contributed by atoms with E-state index in [1.807, 2.05) is 42.3 Å². The SMILES string of the molecule is Cc1cc(-c2ccnc(Nc3nn(C)c4ccccc34)c2)nc(=NCC2CCNCC2(C)C)c2c(C3CCC3)cncc12. The molecule has 2 N–H and O–H groups in total. The van der Waals surface area contributed by atoms with E-state index in [0.29, 0.717) is 11.8 Å². The van der Waals surface area contributed by atoms with Crippen molar-refractivity contribution < 1.29 is 0 Å². The Morgan fingerprint density at radius 1 is 1.07 bits per heavy atom. The van der Waals surface area contributed by atoms with Gasteiger partial charge in [0.05, 0.1) is 11.2 Å². The van der Waals surface area contributed by atoms with E-state index in [-0.39, 0.29) is 5.41 Å². The van der Waals surface area contributed by atoms with E-state index in [4.69, 9.17) is 20.1 Å². The molecule has 2 aliphatic rings. The van der Waals surface area contributed by atoms with Crippen molar-refractivity contribution in [2.24, 2.45) is 23.4 Å². The van der Waals surface area contributed by atoms with E-state index in [0.717, 1.165) is 76.3 Å². The molecule has 2 fully saturated rings. The van der Waals surface area contributed by atoms with E-state index < -0.39 is 0 Å². The van der Waals surface area contributed by atoms with Crippen molar-refractivity contribution in [2.45, 2.75) is 52.4 Å². The van der Waals surface area contributed by atoms with Crippen molar-refractivity contribution in [1.82, 2.24) is 30.0 Å². The highest BCUT2D eigenvalue weighted by Crippen LogP contribution is 2.39. The molecule has 0 radical (unpaired) electrons. The molecule has 4 aromatic heterocycles. The minimum absolute atomic E-state index is 0.187. The third kappa shape index (κ3) is 5.29. The van der Waals surface area contributed by atoms with E-state index in [2.05, 4.69) is 66.9 Å². The summed E-state index contributed by atoms with van der Waals surface area (Å²) >= 11 is 0. The Labute approximate surface area is 252 Å². The Kier molecular flexibility index (Phi) is 7.17. The number of pyridine rings is 2. The summed E-state index contributed by atoms with van der Waals surface area (Å²) in [6, 6.07) is 14.5. The second kappa shape index (κ2) is 11.2. The van der Waals surface area contributed by atoms with E-state index in [1.54, 1.807) is 0 Å². The fourth-order valence-electron chi connectivity index (χ4n) is 6.64. The molecule has 43 heavy (non-hydrogen) atoms. The van der Waals surface area contributed by atoms with E-state index in [9.17, 15) is 0 Å². The summed E-state index contributed by atoms with van der Waals surface area (Å²) in [6.07, 6.45) is 10.7. The number of piperidine rings is 1. The number of aryl methyl sites for hydroxylation is 2. The van der Waals surface area contributed by atoms with Crippen LogP contribution in [0.15, 0.2) is 66.0 Å². The summed E-state index contributed by atoms with van der Waals surface area (Å²) in [6.45, 7) is 9.70. The Balaban J connectivity index is 1.35. The topological polar surface area (TPSA) is 92.9 Å². The largest absolute Gasteiger partial charge is 0.323 e. The van der Waals surface area contributed by atoms with Crippen molar-refractivity contribution in [2.75, 3.05) is 25.0 Å². The van der Waals surface area contributed by atoms with E-state index >= 15 is 0 Å². The van der Waals surface area contributed by atoms with Gasteiger partial charge in [0.25, 0.3) is 0 Å². The lowest BCUT2D eigenvalue weighted by Gasteiger charge is -2.38. The first kappa shape index (κ1) is 27.7. The third-order valence-electron chi connectivity index (χ3n) is 9.63. The van der Waals surface area contributed by atoms with Gasteiger partial charge in [0, 0.05) is 60.4 Å². The molecule has 0 bridgehead atoms. The zero-order valence-electron chi connectivity index (χ0n) is 25.6. The summed E-state index contributed by atoms with van der Waals surface area (Å²) in [5.41, 5.74) is 6.40. The quantitative estimate of drug-likeness (QED) is 0.243. The summed E-state index contributed by atoms with van der Waals surface area (Å²) in [4.78, 5) is 20.0. The Bertz CT molecular complexity index is 1890. The summed E-state index contributed by atoms with van der Waals surface area (Å²) in [7, 11) is 1.96. The summed E-state index contributed by atoms with van der Waals surface area (Å²) in [5, 5.41) is 15.1. The predicted molar refractivity (Wildman–Crippen MR) is 173 cm³/mol. The number of aromatic nitrogens is 5. The third-order valence-corrected chi connectivity index (χ3v) is 9.63. The molecule has 0 spiro atoms. The number of nitrogens with one attached hydrogen (secondary N) is 2. The van der Waals surface area contributed by atoms with Gasteiger partial charge in [0.1, 0.15) is 5.82 Å². The molecule has 220 valence electrons. The molecule has 1 saturated carbocycles. The zero-order valence-corrected chi connectivity index (χ0v) is 25.6. The van der Waals surface area contributed by atoms with Crippen LogP contribution in [0.1, 0.15) is 56.6 Å². The normalized spacial score (nSPS) is 19.1. The molecule has 8 heteroatoms. The number of hydrogen-bond donors (Lipinski definition) is 2. The standard InChI is InChI=1S/C35H40N8/c1-22-16-29(24-12-15-38-31(17-24)41-33-26-10-5-6-11-30(26)43(4)42-33)40-34(39-18-25-13-14-36-21-35(25,2)3)32-27(22)19-37-20-28(32)23-8-7-9-23/h5-6,10-12,15-17,19-20,23,25,36H,7-9,13-14,18,21H2,1-4H3,(H,38,41,42). The first-order valence-electron chi connectivity index (χ1n) is 15.5. The Morgan fingerprint density at radius 3 is 2.74 bits per heavy atom. The van der Waals surface area contributed by atoms with Gasteiger partial charge in [0.15, 0.2) is 11.3 Å². The molecular weight excluding hydrogens is 532 g/mol. The minimum Gasteiger partial charge on any atom is -0.323 e. The van der Waals surface area contributed by atoms with Crippen molar-refractivity contribution in [3.63, 3.8) is 0 Å². The van der Waals surface area contributed by atoms with Crippen LogP contribution < -0.4 is 16.1 Å². The van der Waals surface area contributed by atoms with Crippen molar-refractivity contribution in [1.29, 1.82) is 0 Å². The molecule has 1 aliphatic carbocycles. The van der Waals surface area contributed by atoms with Crippen LogP contribution in [0.4, 0.5) is 11.6 Å². The van der Waals surface area contributed by atoms with Gasteiger partial charge in [-0.1, -0.05) is 32.4 Å². The maximum atomic E-state index is 5.34. The van der Waals surface area contributed by atoms with Gasteiger partial charge in [-0.05, 0) is 91.4 Å².